The summed E-state index contributed by atoms with van der Waals surface area (Å²) < 4.78 is 11.0. The molecule has 0 saturated heterocycles. The third-order valence-electron chi connectivity index (χ3n) is 2.41. The summed E-state index contributed by atoms with van der Waals surface area (Å²) in [5.74, 6) is -0.333. The van der Waals surface area contributed by atoms with Gasteiger partial charge < -0.3 is 19.9 Å². The summed E-state index contributed by atoms with van der Waals surface area (Å²) in [5, 5.41) is 12.1. The number of hydrogen-bond acceptors (Lipinski definition) is 4. The second kappa shape index (κ2) is 9.49. The third kappa shape index (κ3) is 8.63. The maximum Gasteiger partial charge on any atom is 0.251 e. The molecule has 0 aromatic rings. The molecular formula is C12H27NO4Si. The number of nitrogens with one attached hydrogen (secondary N) is 1. The van der Waals surface area contributed by atoms with Gasteiger partial charge in [-0.1, -0.05) is 6.04 Å². The minimum absolute atomic E-state index is 0.00927. The van der Waals surface area contributed by atoms with Crippen LogP contribution in [0, 0.1) is 0 Å². The van der Waals surface area contributed by atoms with E-state index in [0.717, 1.165) is 12.5 Å². The van der Waals surface area contributed by atoms with Crippen molar-refractivity contribution in [2.75, 3.05) is 19.8 Å². The number of aliphatic hydroxyl groups is 1. The van der Waals surface area contributed by atoms with Gasteiger partial charge in [-0.3, -0.25) is 4.79 Å². The quantitative estimate of drug-likeness (QED) is 0.340. The average molecular weight is 277 g/mol. The highest BCUT2D eigenvalue weighted by molar-refractivity contribution is 6.36. The van der Waals surface area contributed by atoms with Crippen molar-refractivity contribution in [3.05, 3.63) is 0 Å². The lowest BCUT2D eigenvalue weighted by molar-refractivity contribution is -0.136. The first-order valence-electron chi connectivity index (χ1n) is 6.65. The Morgan fingerprint density at radius 1 is 1.33 bits per heavy atom. The zero-order valence-corrected chi connectivity index (χ0v) is 13.4. The smallest absolute Gasteiger partial charge is 0.251 e. The van der Waals surface area contributed by atoms with Crippen molar-refractivity contribution in [3.8, 4) is 0 Å². The number of ether oxygens (including phenoxy) is 2. The first-order chi connectivity index (χ1) is 8.41. The van der Waals surface area contributed by atoms with E-state index in [1.807, 2.05) is 13.8 Å². The van der Waals surface area contributed by atoms with Crippen molar-refractivity contribution >= 4 is 15.4 Å². The van der Waals surface area contributed by atoms with E-state index >= 15 is 0 Å². The summed E-state index contributed by atoms with van der Waals surface area (Å²) in [5.41, 5.74) is -1.30. The van der Waals surface area contributed by atoms with Crippen molar-refractivity contribution in [1.82, 2.24) is 5.32 Å². The standard InChI is InChI=1S/C12H27NO4Si/c1-5-16-11(17-6-2)18-9-7-8-13-10(14)12(3,4)15/h11,15H,5-9,18H2,1-4H3,(H,13,14). The molecular weight excluding hydrogens is 250 g/mol. The number of rotatable bonds is 10. The lowest BCUT2D eigenvalue weighted by atomic mass is 10.1. The summed E-state index contributed by atoms with van der Waals surface area (Å²) in [6, 6.07) is 1.05. The van der Waals surface area contributed by atoms with Crippen LogP contribution in [-0.2, 0) is 14.3 Å². The molecule has 0 radical (unpaired) electrons. The van der Waals surface area contributed by atoms with Gasteiger partial charge in [-0.15, -0.1) is 0 Å². The molecule has 0 bridgehead atoms. The molecule has 18 heavy (non-hydrogen) atoms. The molecule has 0 aliphatic rings. The molecule has 0 spiro atoms. The Balaban J connectivity index is 3.63. The minimum atomic E-state index is -1.30. The molecule has 0 atom stereocenters. The maximum atomic E-state index is 11.4. The third-order valence-corrected chi connectivity index (χ3v) is 4.26. The van der Waals surface area contributed by atoms with Crippen LogP contribution in [0.25, 0.3) is 0 Å². The van der Waals surface area contributed by atoms with Gasteiger partial charge in [-0.05, 0) is 34.1 Å². The second-order valence-electron chi connectivity index (χ2n) is 4.65. The second-order valence-corrected chi connectivity index (χ2v) is 6.60. The van der Waals surface area contributed by atoms with Gasteiger partial charge in [0.1, 0.15) is 11.5 Å². The van der Waals surface area contributed by atoms with E-state index in [4.69, 9.17) is 9.47 Å². The Hall–Kier alpha value is -0.433. The van der Waals surface area contributed by atoms with Crippen molar-refractivity contribution in [2.24, 2.45) is 0 Å². The van der Waals surface area contributed by atoms with E-state index < -0.39 is 15.1 Å². The van der Waals surface area contributed by atoms with E-state index in [-0.39, 0.29) is 11.8 Å². The van der Waals surface area contributed by atoms with Crippen molar-refractivity contribution in [3.63, 3.8) is 0 Å². The lowest BCUT2D eigenvalue weighted by Crippen LogP contribution is -2.42. The van der Waals surface area contributed by atoms with E-state index in [1.54, 1.807) is 0 Å². The zero-order chi connectivity index (χ0) is 14.0. The van der Waals surface area contributed by atoms with Crippen LogP contribution >= 0.6 is 0 Å². The van der Waals surface area contributed by atoms with Crippen molar-refractivity contribution < 1.29 is 19.4 Å². The van der Waals surface area contributed by atoms with E-state index in [2.05, 4.69) is 5.32 Å². The molecule has 0 aliphatic heterocycles. The number of carbonyl (C=O) groups excluding carboxylic acids is 1. The van der Waals surface area contributed by atoms with Crippen LogP contribution in [0.5, 0.6) is 0 Å². The monoisotopic (exact) mass is 277 g/mol. The maximum absolute atomic E-state index is 11.4. The Kier molecular flexibility index (Phi) is 9.26. The largest absolute Gasteiger partial charge is 0.381 e. The highest BCUT2D eigenvalue weighted by atomic mass is 28.2. The highest BCUT2D eigenvalue weighted by Gasteiger charge is 2.22. The zero-order valence-electron chi connectivity index (χ0n) is 12.0. The molecule has 0 aromatic carbocycles. The predicted octanol–water partition coefficient (Wildman–Crippen LogP) is 0.207. The normalized spacial score (nSPS) is 12.6. The number of hydrogen-bond donors (Lipinski definition) is 2. The number of amides is 1. The molecule has 2 N–H and O–H groups in total. The summed E-state index contributed by atoms with van der Waals surface area (Å²) in [7, 11) is -0.434. The summed E-state index contributed by atoms with van der Waals surface area (Å²) in [6.07, 6.45) is 0.907. The van der Waals surface area contributed by atoms with E-state index in [0.29, 0.717) is 19.8 Å². The van der Waals surface area contributed by atoms with Crippen LogP contribution in [0.3, 0.4) is 0 Å². The van der Waals surface area contributed by atoms with Crippen LogP contribution in [0.4, 0.5) is 0 Å². The molecule has 0 saturated carbocycles. The van der Waals surface area contributed by atoms with Crippen molar-refractivity contribution in [2.45, 2.75) is 51.7 Å². The molecule has 0 aromatic heterocycles. The van der Waals surface area contributed by atoms with Gasteiger partial charge in [0, 0.05) is 19.8 Å². The highest BCUT2D eigenvalue weighted by Crippen LogP contribution is 2.01. The SMILES string of the molecule is CCOC(OCC)[SiH2]CCCNC(=O)C(C)(C)O. The molecule has 108 valence electrons. The summed E-state index contributed by atoms with van der Waals surface area (Å²) in [4.78, 5) is 11.4. The van der Waals surface area contributed by atoms with Crippen LogP contribution in [0.1, 0.15) is 34.1 Å². The van der Waals surface area contributed by atoms with Gasteiger partial charge in [-0.25, -0.2) is 0 Å². The molecule has 0 aliphatic carbocycles. The minimum Gasteiger partial charge on any atom is -0.381 e. The molecule has 6 heteroatoms. The molecule has 0 heterocycles. The first-order valence-corrected chi connectivity index (χ1v) is 8.47. The fourth-order valence-electron chi connectivity index (χ4n) is 1.44. The van der Waals surface area contributed by atoms with Crippen LogP contribution in [-0.4, -0.2) is 51.8 Å². The molecule has 5 nitrogen and oxygen atoms in total. The van der Waals surface area contributed by atoms with Crippen LogP contribution in [0.2, 0.25) is 6.04 Å². The topological polar surface area (TPSA) is 67.8 Å². The van der Waals surface area contributed by atoms with E-state index in [1.165, 1.54) is 13.8 Å². The summed E-state index contributed by atoms with van der Waals surface area (Å²) >= 11 is 0. The average Bonchev–Trinajstić information content (AvgIpc) is 2.27. The number of carbonyl (C=O) groups is 1. The van der Waals surface area contributed by atoms with E-state index in [9.17, 15) is 9.90 Å². The van der Waals surface area contributed by atoms with Gasteiger partial charge in [0.25, 0.3) is 5.91 Å². The van der Waals surface area contributed by atoms with Crippen LogP contribution < -0.4 is 5.32 Å². The van der Waals surface area contributed by atoms with Gasteiger partial charge in [0.2, 0.25) is 0 Å². The lowest BCUT2D eigenvalue weighted by Gasteiger charge is -2.18. The Bertz CT molecular complexity index is 225. The fraction of sp³-hybridized carbons (Fsp3) is 0.917. The predicted molar refractivity (Wildman–Crippen MR) is 74.3 cm³/mol. The van der Waals surface area contributed by atoms with Gasteiger partial charge in [0.05, 0.1) is 9.52 Å². The van der Waals surface area contributed by atoms with Gasteiger partial charge >= 0.3 is 0 Å². The molecule has 1 amide bonds. The molecule has 0 rings (SSSR count). The summed E-state index contributed by atoms with van der Waals surface area (Å²) in [6.45, 7) is 8.84. The Labute approximate surface area is 112 Å². The Morgan fingerprint density at radius 2 is 1.89 bits per heavy atom. The molecule has 0 unspecified atom stereocenters. The van der Waals surface area contributed by atoms with Crippen LogP contribution in [0.15, 0.2) is 0 Å². The fourth-order valence-corrected chi connectivity index (χ4v) is 3.12. The Morgan fingerprint density at radius 3 is 2.33 bits per heavy atom. The first kappa shape index (κ1) is 17.6. The van der Waals surface area contributed by atoms with Gasteiger partial charge in [0.15, 0.2) is 0 Å². The van der Waals surface area contributed by atoms with Gasteiger partial charge in [-0.2, -0.15) is 0 Å². The molecule has 0 fully saturated rings. The van der Waals surface area contributed by atoms with Crippen molar-refractivity contribution in [1.29, 1.82) is 0 Å².